The Hall–Kier alpha value is -10.4. The van der Waals surface area contributed by atoms with Gasteiger partial charge in [-0.15, -0.1) is 0 Å². The number of aromatic nitrogens is 5. The van der Waals surface area contributed by atoms with Crippen LogP contribution in [0.1, 0.15) is 11.1 Å². The van der Waals surface area contributed by atoms with Crippen molar-refractivity contribution >= 4 is 43.6 Å². The summed E-state index contributed by atoms with van der Waals surface area (Å²) in [6.45, 7) is 0.782. The highest BCUT2D eigenvalue weighted by Gasteiger charge is 2.18. The summed E-state index contributed by atoms with van der Waals surface area (Å²) in [4.78, 5) is 14.7. The number of benzene rings is 9. The Balaban J connectivity index is 0.761. The molecule has 0 spiro atoms. The molecule has 78 heavy (non-hydrogen) atoms. The van der Waals surface area contributed by atoms with Crippen LogP contribution in [0.3, 0.4) is 0 Å². The van der Waals surface area contributed by atoms with E-state index in [1.807, 2.05) is 85.2 Å². The zero-order valence-corrected chi connectivity index (χ0v) is 42.4. The standard InChI is InChI=1S/C71H49N5O2/c1-5-17-50(18-6-1)64-37-48(38-65(73-64)51-19-7-2-8-20-51)46-77-58-31-33-69-61(43-58)60-29-13-14-30-68(60)75(69)56-27-15-25-54(41-56)55-26-16-28-57(42-55)76-70-34-32-59(44-62(70)63-45-72-36-35-71(63)76)78-47-49-39-66(52-21-9-3-10-22-52)74-67(40-49)53-23-11-4-12-24-53/h1-45H,46-47H2. The molecule has 370 valence electrons. The molecule has 7 nitrogen and oxygen atoms in total. The first kappa shape index (κ1) is 46.2. The highest BCUT2D eigenvalue weighted by molar-refractivity contribution is 6.10. The summed E-state index contributed by atoms with van der Waals surface area (Å²) in [6.07, 6.45) is 3.82. The van der Waals surface area contributed by atoms with Crippen LogP contribution in [0.5, 0.6) is 11.5 Å². The van der Waals surface area contributed by atoms with Crippen LogP contribution in [0.2, 0.25) is 0 Å². The molecule has 14 rings (SSSR count). The highest BCUT2D eigenvalue weighted by atomic mass is 16.5. The maximum Gasteiger partial charge on any atom is 0.120 e. The van der Waals surface area contributed by atoms with Crippen molar-refractivity contribution in [2.45, 2.75) is 13.2 Å². The number of ether oxygens (including phenoxy) is 2. The largest absolute Gasteiger partial charge is 0.489 e. The molecule has 0 aliphatic carbocycles. The van der Waals surface area contributed by atoms with E-state index in [1.54, 1.807) is 0 Å². The smallest absolute Gasteiger partial charge is 0.120 e. The van der Waals surface area contributed by atoms with Crippen LogP contribution in [-0.2, 0) is 13.2 Å². The first-order valence-corrected chi connectivity index (χ1v) is 26.3. The fourth-order valence-electron chi connectivity index (χ4n) is 10.9. The topological polar surface area (TPSA) is 67.0 Å². The van der Waals surface area contributed by atoms with Crippen molar-refractivity contribution < 1.29 is 9.47 Å². The molecule has 0 saturated heterocycles. The molecule has 0 fully saturated rings. The van der Waals surface area contributed by atoms with Crippen LogP contribution in [0, 0.1) is 0 Å². The predicted octanol–water partition coefficient (Wildman–Crippen LogP) is 17.6. The fraction of sp³-hybridized carbons (Fsp3) is 0.0282. The third kappa shape index (κ3) is 8.89. The van der Waals surface area contributed by atoms with Gasteiger partial charge < -0.3 is 18.6 Å². The van der Waals surface area contributed by atoms with E-state index in [1.165, 1.54) is 0 Å². The van der Waals surface area contributed by atoms with Crippen molar-refractivity contribution in [2.75, 3.05) is 0 Å². The fourth-order valence-corrected chi connectivity index (χ4v) is 10.9. The van der Waals surface area contributed by atoms with Gasteiger partial charge in [0.15, 0.2) is 0 Å². The van der Waals surface area contributed by atoms with Gasteiger partial charge in [0.2, 0.25) is 0 Å². The third-order valence-corrected chi connectivity index (χ3v) is 14.6. The first-order chi connectivity index (χ1) is 38.6. The van der Waals surface area contributed by atoms with E-state index in [0.717, 1.165) is 134 Å². The van der Waals surface area contributed by atoms with Gasteiger partial charge in [-0.05, 0) is 119 Å². The second kappa shape index (κ2) is 20.1. The minimum absolute atomic E-state index is 0.385. The lowest BCUT2D eigenvalue weighted by molar-refractivity contribution is 0.306. The Labute approximate surface area is 451 Å². The summed E-state index contributed by atoms with van der Waals surface area (Å²) >= 11 is 0. The van der Waals surface area contributed by atoms with E-state index in [4.69, 9.17) is 19.4 Å². The molecular weight excluding hydrogens is 955 g/mol. The SMILES string of the molecule is c1ccc(-c2cc(COc3ccc4c(c3)c3ccccc3n4-c3cccc(-c4cccc(-n5c6ccncc6c6cc(OCc7cc(-c8ccccc8)nc(-c8ccccc8)c7)ccc65)c4)c3)cc(-c3ccccc3)n2)cc1. The number of rotatable bonds is 13. The summed E-state index contributed by atoms with van der Waals surface area (Å²) in [7, 11) is 0. The van der Waals surface area contributed by atoms with Gasteiger partial charge in [-0.2, -0.15) is 0 Å². The lowest BCUT2D eigenvalue weighted by Gasteiger charge is -2.13. The van der Waals surface area contributed by atoms with Crippen molar-refractivity contribution in [3.05, 3.63) is 284 Å². The average molecular weight is 1000 g/mol. The molecule has 5 heterocycles. The lowest BCUT2D eigenvalue weighted by atomic mass is 10.0. The van der Waals surface area contributed by atoms with E-state index in [9.17, 15) is 0 Å². The Morgan fingerprint density at radius 1 is 0.295 bits per heavy atom. The molecule has 5 aromatic heterocycles. The molecule has 0 amide bonds. The second-order valence-electron chi connectivity index (χ2n) is 19.6. The summed E-state index contributed by atoms with van der Waals surface area (Å²) in [5.41, 5.74) is 18.7. The first-order valence-electron chi connectivity index (χ1n) is 26.3. The summed E-state index contributed by atoms with van der Waals surface area (Å²) in [5.74, 6) is 1.59. The van der Waals surface area contributed by atoms with Gasteiger partial charge in [0.05, 0.1) is 44.8 Å². The number of pyridine rings is 3. The van der Waals surface area contributed by atoms with E-state index >= 15 is 0 Å². The zero-order valence-electron chi connectivity index (χ0n) is 42.4. The van der Waals surface area contributed by atoms with Gasteiger partial charge in [0.25, 0.3) is 0 Å². The van der Waals surface area contributed by atoms with Crippen LogP contribution < -0.4 is 9.47 Å². The monoisotopic (exact) mass is 1000 g/mol. The van der Waals surface area contributed by atoms with Crippen molar-refractivity contribution in [1.82, 2.24) is 24.1 Å². The van der Waals surface area contributed by atoms with Gasteiger partial charge in [0.1, 0.15) is 24.7 Å². The summed E-state index contributed by atoms with van der Waals surface area (Å²) in [5, 5.41) is 4.41. The zero-order chi connectivity index (χ0) is 51.8. The van der Waals surface area contributed by atoms with Gasteiger partial charge >= 0.3 is 0 Å². The van der Waals surface area contributed by atoms with Gasteiger partial charge in [-0.25, -0.2) is 9.97 Å². The maximum atomic E-state index is 6.63. The second-order valence-corrected chi connectivity index (χ2v) is 19.6. The van der Waals surface area contributed by atoms with Crippen molar-refractivity contribution in [3.63, 3.8) is 0 Å². The maximum absolute atomic E-state index is 6.63. The number of para-hydroxylation sites is 1. The summed E-state index contributed by atoms with van der Waals surface area (Å²) in [6, 6.07) is 91.0. The normalized spacial score (nSPS) is 11.4. The quantitative estimate of drug-likeness (QED) is 0.115. The molecule has 0 N–H and O–H groups in total. The molecule has 0 atom stereocenters. The molecule has 9 aromatic carbocycles. The van der Waals surface area contributed by atoms with Crippen molar-refractivity contribution in [1.29, 1.82) is 0 Å². The Morgan fingerprint density at radius 3 is 1.14 bits per heavy atom. The third-order valence-electron chi connectivity index (χ3n) is 14.6. The number of hydrogen-bond acceptors (Lipinski definition) is 5. The van der Waals surface area contributed by atoms with E-state index in [0.29, 0.717) is 13.2 Å². The van der Waals surface area contributed by atoms with E-state index in [-0.39, 0.29) is 0 Å². The average Bonchev–Trinajstić information content (AvgIpc) is 4.07. The Kier molecular flexibility index (Phi) is 11.9. The molecule has 0 saturated carbocycles. The molecule has 0 aliphatic heterocycles. The van der Waals surface area contributed by atoms with E-state index < -0.39 is 0 Å². The number of hydrogen-bond donors (Lipinski definition) is 0. The van der Waals surface area contributed by atoms with Gasteiger partial charge in [-0.3, -0.25) is 4.98 Å². The van der Waals surface area contributed by atoms with Gasteiger partial charge in [-0.1, -0.05) is 164 Å². The van der Waals surface area contributed by atoms with Crippen LogP contribution in [0.15, 0.2) is 273 Å². The lowest BCUT2D eigenvalue weighted by Crippen LogP contribution is -1.99. The molecule has 0 bridgehead atoms. The molecular formula is C71H49N5O2. The van der Waals surface area contributed by atoms with Crippen molar-refractivity contribution in [3.8, 4) is 79.0 Å². The molecule has 7 heteroatoms. The van der Waals surface area contributed by atoms with Crippen LogP contribution in [0.4, 0.5) is 0 Å². The number of nitrogens with zero attached hydrogens (tertiary/aromatic N) is 5. The van der Waals surface area contributed by atoms with E-state index in [2.05, 4.69) is 202 Å². The van der Waals surface area contributed by atoms with Crippen LogP contribution in [0.25, 0.3) is 111 Å². The molecule has 0 aliphatic rings. The number of fused-ring (bicyclic) bond motifs is 6. The Bertz CT molecular complexity index is 4090. The minimum Gasteiger partial charge on any atom is -0.489 e. The minimum atomic E-state index is 0.385. The molecule has 0 unspecified atom stereocenters. The predicted molar refractivity (Wildman–Crippen MR) is 317 cm³/mol. The Morgan fingerprint density at radius 2 is 0.679 bits per heavy atom. The molecule has 0 radical (unpaired) electrons. The highest BCUT2D eigenvalue weighted by Crippen LogP contribution is 2.39. The van der Waals surface area contributed by atoms with Crippen LogP contribution in [-0.4, -0.2) is 24.1 Å². The molecule has 14 aromatic rings. The van der Waals surface area contributed by atoms with Crippen LogP contribution >= 0.6 is 0 Å². The van der Waals surface area contributed by atoms with Gasteiger partial charge in [0, 0.05) is 67.6 Å². The van der Waals surface area contributed by atoms with Crippen molar-refractivity contribution in [2.24, 2.45) is 0 Å². The summed E-state index contributed by atoms with van der Waals surface area (Å²) < 4.78 is 17.9.